The van der Waals surface area contributed by atoms with E-state index in [-0.39, 0.29) is 61.7 Å². The summed E-state index contributed by atoms with van der Waals surface area (Å²) in [5.41, 5.74) is 17.0. The number of carbonyl (C=O) groups excluding carboxylic acids is 6. The number of β-amino-alcohol motifs (C(OH)–C–C–N with tert-alkyl or cyclic N) is 1. The molecular weight excluding hydrogens is 740 g/mol. The van der Waals surface area contributed by atoms with E-state index in [0.29, 0.717) is 38.6 Å². The molecule has 22 N–H and O–H groups in total. The van der Waals surface area contributed by atoms with E-state index < -0.39 is 79.3 Å². The highest BCUT2D eigenvalue weighted by atomic mass is 16.6. The van der Waals surface area contributed by atoms with Crippen LogP contribution in [0.3, 0.4) is 0 Å². The first-order valence-corrected chi connectivity index (χ1v) is 19.2. The van der Waals surface area contributed by atoms with Gasteiger partial charge in [-0.3, -0.25) is 34.3 Å². The van der Waals surface area contributed by atoms with Gasteiger partial charge in [-0.05, 0) is 19.3 Å². The van der Waals surface area contributed by atoms with Crippen molar-refractivity contribution in [2.75, 3.05) is 32.8 Å². The zero-order valence-corrected chi connectivity index (χ0v) is 32.1. The van der Waals surface area contributed by atoms with Crippen LogP contribution in [0, 0.1) is 0 Å². The van der Waals surface area contributed by atoms with Crippen molar-refractivity contribution in [1.29, 1.82) is 0 Å². The number of hydrogen-bond donors (Lipinski definition) is 15. The van der Waals surface area contributed by atoms with E-state index in [1.54, 1.807) is 0 Å². The molecule has 23 heteroatoms. The number of nitrogens with one attached hydrogen (secondary N) is 8. The summed E-state index contributed by atoms with van der Waals surface area (Å²) < 4.78 is 10.9. The number of aliphatic hydroxyl groups is 3. The summed E-state index contributed by atoms with van der Waals surface area (Å²) in [6.07, 6.45) is -3.76. The molecule has 0 saturated carbocycles. The second kappa shape index (κ2) is 23.0. The summed E-state index contributed by atoms with van der Waals surface area (Å²) in [6, 6.07) is -3.65. The normalized spacial score (nSPS) is 27.2. The summed E-state index contributed by atoms with van der Waals surface area (Å²) in [7, 11) is 0. The number of piperidine rings is 1. The molecule has 2 saturated heterocycles. The third-order valence-electron chi connectivity index (χ3n) is 9.73. The van der Waals surface area contributed by atoms with Crippen molar-refractivity contribution >= 4 is 41.6 Å². The van der Waals surface area contributed by atoms with Gasteiger partial charge >= 0.3 is 12.1 Å². The number of fused-ring (bicyclic) bond motifs is 1. The molecule has 0 unspecified atom stereocenters. The van der Waals surface area contributed by atoms with Gasteiger partial charge in [-0.25, -0.2) is 10.1 Å². The lowest BCUT2D eigenvalue weighted by atomic mass is 9.95. The smallest absolute Gasteiger partial charge is 0.404 e. The highest BCUT2D eigenvalue weighted by Gasteiger charge is 2.52. The van der Waals surface area contributed by atoms with Crippen molar-refractivity contribution < 1.29 is 75.8 Å². The van der Waals surface area contributed by atoms with Gasteiger partial charge in [-0.1, -0.05) is 0 Å². The van der Waals surface area contributed by atoms with Crippen molar-refractivity contribution in [3.63, 3.8) is 0 Å². The molecule has 3 aliphatic heterocycles. The topological polar surface area (TPSA) is 389 Å². The van der Waals surface area contributed by atoms with Crippen LogP contribution in [-0.4, -0.2) is 157 Å². The second-order valence-corrected chi connectivity index (χ2v) is 14.6. The molecule has 3 heterocycles. The molecule has 0 radical (unpaired) electrons. The van der Waals surface area contributed by atoms with Crippen LogP contribution in [0.2, 0.25) is 0 Å². The summed E-state index contributed by atoms with van der Waals surface area (Å²) in [4.78, 5) is 77.0. The third kappa shape index (κ3) is 14.9. The molecule has 0 spiro atoms. The Morgan fingerprint density at radius 1 is 0.982 bits per heavy atom. The van der Waals surface area contributed by atoms with Gasteiger partial charge < -0.3 is 74.3 Å². The number of aliphatic hydroxyl groups excluding tert-OH is 3. The fourth-order valence-corrected chi connectivity index (χ4v) is 6.90. The molecule has 318 valence electrons. The molecule has 0 aromatic rings. The van der Waals surface area contributed by atoms with E-state index in [9.17, 15) is 44.1 Å². The van der Waals surface area contributed by atoms with Crippen LogP contribution < -0.4 is 65.1 Å². The number of amides is 6. The molecule has 2 fully saturated rings. The lowest BCUT2D eigenvalue weighted by Gasteiger charge is -2.42. The highest BCUT2D eigenvalue weighted by Crippen LogP contribution is 2.23. The first kappa shape index (κ1) is 46.0. The molecular formula is C33H64N12O11+4. The van der Waals surface area contributed by atoms with Crippen LogP contribution in [0.5, 0.6) is 0 Å². The Kier molecular flexibility index (Phi) is 18.9. The zero-order chi connectivity index (χ0) is 41.4. The van der Waals surface area contributed by atoms with Crippen LogP contribution in [0.25, 0.3) is 0 Å². The Hall–Kier alpha value is -4.39. The first-order valence-electron chi connectivity index (χ1n) is 19.2. The average molecular weight is 805 g/mol. The van der Waals surface area contributed by atoms with Crippen LogP contribution in [0.4, 0.5) is 4.79 Å². The largest absolute Gasteiger partial charge is 0.441 e. The van der Waals surface area contributed by atoms with Gasteiger partial charge in [0.1, 0.15) is 30.4 Å². The van der Waals surface area contributed by atoms with Gasteiger partial charge in [0.2, 0.25) is 23.6 Å². The van der Waals surface area contributed by atoms with Crippen molar-refractivity contribution in [2.24, 2.45) is 5.73 Å². The van der Waals surface area contributed by atoms with E-state index in [0.717, 1.165) is 19.4 Å². The number of primary amides is 1. The van der Waals surface area contributed by atoms with Gasteiger partial charge in [0.05, 0.1) is 38.1 Å². The van der Waals surface area contributed by atoms with Gasteiger partial charge in [0.15, 0.2) is 18.4 Å². The van der Waals surface area contributed by atoms with Crippen molar-refractivity contribution in [2.45, 2.75) is 132 Å². The molecule has 56 heavy (non-hydrogen) atoms. The van der Waals surface area contributed by atoms with E-state index >= 15 is 0 Å². The predicted molar refractivity (Wildman–Crippen MR) is 193 cm³/mol. The van der Waals surface area contributed by atoms with Crippen molar-refractivity contribution in [1.82, 2.24) is 37.2 Å². The molecule has 6 amide bonds. The number of quaternary nitrogens is 3. The average Bonchev–Trinajstić information content (AvgIpc) is 3.56. The van der Waals surface area contributed by atoms with Gasteiger partial charge in [-0.15, -0.1) is 0 Å². The predicted octanol–water partition coefficient (Wildman–Crippen LogP) is -10.4. The Morgan fingerprint density at radius 2 is 1.61 bits per heavy atom. The Balaban J connectivity index is 1.51. The SMILES string of the molecule is CC(=O)N[C@@H](CCCNC(=O)C[C@@H]([NH3+])CCCNC(=O)C[C@@H]([NH3+])CCC[NH3+])CC(=O)N[C@@H]1[C@H](O)[C@@H](OC(N)=O)[C@@H](CO)O[C@H]1NC1=[NH+][C@@H]2C(=O)NC[C@@H](O)[C@H]2N1. The zero-order valence-electron chi connectivity index (χ0n) is 32.1. The monoisotopic (exact) mass is 804 g/mol. The van der Waals surface area contributed by atoms with Crippen LogP contribution >= 0.6 is 0 Å². The maximum absolute atomic E-state index is 13.4. The number of hydrogen-bond acceptors (Lipinski definition) is 13. The lowest BCUT2D eigenvalue weighted by Crippen LogP contribution is -2.86. The number of rotatable bonds is 22. The Morgan fingerprint density at radius 3 is 2.18 bits per heavy atom. The van der Waals surface area contributed by atoms with Crippen molar-refractivity contribution in [3.8, 4) is 0 Å². The minimum atomic E-state index is -1.65. The Bertz CT molecular complexity index is 1380. The summed E-state index contributed by atoms with van der Waals surface area (Å²) >= 11 is 0. The van der Waals surface area contributed by atoms with Gasteiger partial charge in [-0.2, -0.15) is 0 Å². The standard InChI is InChI=1S/C33H60N12O11/c1-16(47)41-19(7-4-10-39-23(50)12-18(36)6-3-9-38-22(49)11-17(35)5-2-8-34)13-24(51)42-27-28(52)29(56-32(37)54)21(15-46)55-31(27)45-33-43-25-20(48)14-40-30(53)26(25)44-33/h17-21,25-29,31,46,48,52H,2-15,34-36H2,1H3,(H2,37,54)(H,38,49)(H,39,50)(H,40,53)(H,41,47)(H,42,51)(H2,43,44,45)/p+4/t17-,18-,19-,20+,21+,25+,26-,27+,28-,29-,31+/m0/s1. The molecule has 11 atom stereocenters. The fourth-order valence-electron chi connectivity index (χ4n) is 6.90. The molecule has 23 nitrogen and oxygen atoms in total. The highest BCUT2D eigenvalue weighted by molar-refractivity contribution is 5.87. The maximum atomic E-state index is 13.4. The fraction of sp³-hybridized carbons (Fsp3) is 0.788. The number of nitrogens with two attached hydrogens (primary N) is 1. The van der Waals surface area contributed by atoms with Crippen LogP contribution in [0.1, 0.15) is 64.7 Å². The lowest BCUT2D eigenvalue weighted by molar-refractivity contribution is -0.485. The van der Waals surface area contributed by atoms with Crippen molar-refractivity contribution in [3.05, 3.63) is 0 Å². The molecule has 3 rings (SSSR count). The van der Waals surface area contributed by atoms with E-state index in [4.69, 9.17) is 15.2 Å². The quantitative estimate of drug-likeness (QED) is 0.0453. The summed E-state index contributed by atoms with van der Waals surface area (Å²) in [5.74, 6) is -1.52. The molecule has 0 aromatic heterocycles. The summed E-state index contributed by atoms with van der Waals surface area (Å²) in [5, 5.41) is 51.1. The van der Waals surface area contributed by atoms with Crippen LogP contribution in [-0.2, 0) is 33.4 Å². The van der Waals surface area contributed by atoms with E-state index in [1.807, 2.05) is 0 Å². The maximum Gasteiger partial charge on any atom is 0.404 e. The number of carbonyl (C=O) groups is 6. The minimum Gasteiger partial charge on any atom is -0.441 e. The summed E-state index contributed by atoms with van der Waals surface area (Å²) in [6.45, 7) is 2.18. The Labute approximate surface area is 324 Å². The first-order chi connectivity index (χ1) is 26.6. The second-order valence-electron chi connectivity index (χ2n) is 14.6. The third-order valence-corrected chi connectivity index (χ3v) is 9.73. The molecule has 0 aromatic carbocycles. The molecule has 3 aliphatic rings. The number of ether oxygens (including phenoxy) is 2. The van der Waals surface area contributed by atoms with Crippen LogP contribution in [0.15, 0.2) is 0 Å². The number of guanidine groups is 1. The van der Waals surface area contributed by atoms with E-state index in [1.165, 1.54) is 6.92 Å². The van der Waals surface area contributed by atoms with Gasteiger partial charge in [0, 0.05) is 58.3 Å². The van der Waals surface area contributed by atoms with Gasteiger partial charge in [0.25, 0.3) is 5.91 Å². The molecule has 0 aliphatic carbocycles. The van der Waals surface area contributed by atoms with E-state index in [2.05, 4.69) is 59.4 Å². The minimum absolute atomic E-state index is 0.0238. The molecule has 0 bridgehead atoms.